The van der Waals surface area contributed by atoms with E-state index in [9.17, 15) is 9.90 Å². The Labute approximate surface area is 128 Å². The molecular weight excluding hydrogens is 282 g/mol. The number of anilines is 1. The predicted octanol–water partition coefficient (Wildman–Crippen LogP) is 2.68. The van der Waals surface area contributed by atoms with Crippen LogP contribution in [0.5, 0.6) is 0 Å². The van der Waals surface area contributed by atoms with E-state index in [0.29, 0.717) is 11.6 Å². The molecule has 1 heterocycles. The number of oxazole rings is 1. The van der Waals surface area contributed by atoms with E-state index in [1.807, 2.05) is 19.1 Å². The van der Waals surface area contributed by atoms with Crippen molar-refractivity contribution in [1.29, 1.82) is 0 Å². The molecule has 0 bridgehead atoms. The smallest absolute Gasteiger partial charge is 0.319 e. The van der Waals surface area contributed by atoms with Crippen LogP contribution in [0.2, 0.25) is 0 Å². The second kappa shape index (κ2) is 6.19. The van der Waals surface area contributed by atoms with Gasteiger partial charge in [-0.1, -0.05) is 6.07 Å². The van der Waals surface area contributed by atoms with Gasteiger partial charge in [0, 0.05) is 11.3 Å². The summed E-state index contributed by atoms with van der Waals surface area (Å²) in [6.45, 7) is 1.83. The number of nitrogens with one attached hydrogen (secondary N) is 2. The average molecular weight is 301 g/mol. The lowest BCUT2D eigenvalue weighted by atomic mass is 10.2. The molecule has 1 fully saturated rings. The zero-order chi connectivity index (χ0) is 15.5. The molecule has 6 heteroatoms. The molecule has 0 aliphatic heterocycles. The van der Waals surface area contributed by atoms with Gasteiger partial charge in [0.05, 0.1) is 18.3 Å². The first kappa shape index (κ1) is 14.6. The SMILES string of the molecule is Cc1cnc(-c2cccc(NC(=O)N[C@@H]3CCC[C@H]3O)c2)o1. The molecule has 6 nitrogen and oxygen atoms in total. The number of rotatable bonds is 3. The number of hydrogen-bond acceptors (Lipinski definition) is 4. The minimum absolute atomic E-state index is 0.169. The number of aliphatic hydroxyl groups excluding tert-OH is 1. The summed E-state index contributed by atoms with van der Waals surface area (Å²) in [4.78, 5) is 16.2. The molecule has 0 radical (unpaired) electrons. The van der Waals surface area contributed by atoms with Crippen LogP contribution in [-0.4, -0.2) is 28.3 Å². The molecule has 2 amide bonds. The van der Waals surface area contributed by atoms with Crippen molar-refractivity contribution in [3.8, 4) is 11.5 Å². The van der Waals surface area contributed by atoms with Gasteiger partial charge < -0.3 is 20.2 Å². The molecule has 1 aromatic heterocycles. The third-order valence-corrected chi connectivity index (χ3v) is 3.78. The summed E-state index contributed by atoms with van der Waals surface area (Å²) >= 11 is 0. The third kappa shape index (κ3) is 3.28. The second-order valence-electron chi connectivity index (χ2n) is 5.56. The lowest BCUT2D eigenvalue weighted by molar-refractivity contribution is 0.151. The van der Waals surface area contributed by atoms with Gasteiger partial charge in [0.25, 0.3) is 0 Å². The average Bonchev–Trinajstić information content (AvgIpc) is 3.09. The van der Waals surface area contributed by atoms with Crippen LogP contribution in [0.4, 0.5) is 10.5 Å². The largest absolute Gasteiger partial charge is 0.441 e. The van der Waals surface area contributed by atoms with E-state index < -0.39 is 6.10 Å². The van der Waals surface area contributed by atoms with E-state index in [4.69, 9.17) is 4.42 Å². The lowest BCUT2D eigenvalue weighted by Crippen LogP contribution is -2.42. The van der Waals surface area contributed by atoms with E-state index in [1.165, 1.54) is 0 Å². The molecule has 1 saturated carbocycles. The summed E-state index contributed by atoms with van der Waals surface area (Å²) < 4.78 is 5.48. The minimum Gasteiger partial charge on any atom is -0.441 e. The molecule has 0 spiro atoms. The number of urea groups is 1. The third-order valence-electron chi connectivity index (χ3n) is 3.78. The lowest BCUT2D eigenvalue weighted by Gasteiger charge is -2.17. The summed E-state index contributed by atoms with van der Waals surface area (Å²) in [5.41, 5.74) is 1.45. The number of carbonyl (C=O) groups is 1. The van der Waals surface area contributed by atoms with Crippen LogP contribution in [0.3, 0.4) is 0 Å². The highest BCUT2D eigenvalue weighted by atomic mass is 16.4. The van der Waals surface area contributed by atoms with Gasteiger partial charge in [-0.15, -0.1) is 0 Å². The maximum atomic E-state index is 12.0. The first-order chi connectivity index (χ1) is 10.6. The van der Waals surface area contributed by atoms with E-state index in [0.717, 1.165) is 30.6 Å². The van der Waals surface area contributed by atoms with E-state index in [1.54, 1.807) is 18.3 Å². The molecule has 0 saturated heterocycles. The summed E-state index contributed by atoms with van der Waals surface area (Å²) in [6.07, 6.45) is 3.69. The Morgan fingerprint density at radius 1 is 1.41 bits per heavy atom. The van der Waals surface area contributed by atoms with Crippen LogP contribution in [0.25, 0.3) is 11.5 Å². The zero-order valence-corrected chi connectivity index (χ0v) is 12.4. The first-order valence-electron chi connectivity index (χ1n) is 7.40. The van der Waals surface area contributed by atoms with Crippen molar-refractivity contribution in [1.82, 2.24) is 10.3 Å². The molecule has 2 aromatic rings. The van der Waals surface area contributed by atoms with Crippen LogP contribution in [0.15, 0.2) is 34.9 Å². The van der Waals surface area contributed by atoms with Gasteiger partial charge in [-0.25, -0.2) is 9.78 Å². The van der Waals surface area contributed by atoms with Gasteiger partial charge in [-0.3, -0.25) is 0 Å². The van der Waals surface area contributed by atoms with Gasteiger partial charge in [0.2, 0.25) is 5.89 Å². The van der Waals surface area contributed by atoms with Crippen molar-refractivity contribution in [2.24, 2.45) is 0 Å². The fraction of sp³-hybridized carbons (Fsp3) is 0.375. The zero-order valence-electron chi connectivity index (χ0n) is 12.4. The van der Waals surface area contributed by atoms with Gasteiger partial charge >= 0.3 is 6.03 Å². The molecule has 116 valence electrons. The van der Waals surface area contributed by atoms with E-state index in [-0.39, 0.29) is 12.1 Å². The molecule has 1 aliphatic carbocycles. The number of carbonyl (C=O) groups excluding carboxylic acids is 1. The van der Waals surface area contributed by atoms with Crippen LogP contribution in [-0.2, 0) is 0 Å². The van der Waals surface area contributed by atoms with Gasteiger partial charge in [0.1, 0.15) is 5.76 Å². The number of nitrogens with zero attached hydrogens (tertiary/aromatic N) is 1. The quantitative estimate of drug-likeness (QED) is 0.813. The molecule has 1 aliphatic rings. The van der Waals surface area contributed by atoms with Crippen molar-refractivity contribution >= 4 is 11.7 Å². The Kier molecular flexibility index (Phi) is 4.11. The Hall–Kier alpha value is -2.34. The van der Waals surface area contributed by atoms with Crippen molar-refractivity contribution in [2.75, 3.05) is 5.32 Å². The van der Waals surface area contributed by atoms with Gasteiger partial charge in [-0.05, 0) is 44.4 Å². The monoisotopic (exact) mass is 301 g/mol. The molecule has 1 aromatic carbocycles. The van der Waals surface area contributed by atoms with Crippen LogP contribution < -0.4 is 10.6 Å². The topological polar surface area (TPSA) is 87.4 Å². The first-order valence-corrected chi connectivity index (χ1v) is 7.40. The van der Waals surface area contributed by atoms with Crippen molar-refractivity contribution in [3.05, 3.63) is 36.2 Å². The standard InChI is InChI=1S/C16H19N3O3/c1-10-9-17-15(22-10)11-4-2-5-12(8-11)18-16(21)19-13-6-3-7-14(13)20/h2,4-5,8-9,13-14,20H,3,6-7H2,1H3,(H2,18,19,21)/t13-,14-/m1/s1. The molecular formula is C16H19N3O3. The van der Waals surface area contributed by atoms with Gasteiger partial charge in [-0.2, -0.15) is 0 Å². The number of benzene rings is 1. The molecule has 3 N–H and O–H groups in total. The number of aromatic nitrogens is 1. The van der Waals surface area contributed by atoms with E-state index in [2.05, 4.69) is 15.6 Å². The number of aliphatic hydroxyl groups is 1. The Morgan fingerprint density at radius 2 is 2.27 bits per heavy atom. The summed E-state index contributed by atoms with van der Waals surface area (Å²) in [5.74, 6) is 1.26. The number of amides is 2. The Bertz CT molecular complexity index is 668. The number of aryl methyl sites for hydroxylation is 1. The predicted molar refractivity (Wildman–Crippen MR) is 82.5 cm³/mol. The highest BCUT2D eigenvalue weighted by Crippen LogP contribution is 2.23. The minimum atomic E-state index is -0.452. The molecule has 0 unspecified atom stereocenters. The highest BCUT2D eigenvalue weighted by molar-refractivity contribution is 5.90. The maximum Gasteiger partial charge on any atom is 0.319 e. The fourth-order valence-electron chi connectivity index (χ4n) is 2.66. The molecule has 3 rings (SSSR count). The summed E-state index contributed by atoms with van der Waals surface area (Å²) in [5, 5.41) is 15.3. The fourth-order valence-corrected chi connectivity index (χ4v) is 2.66. The maximum absolute atomic E-state index is 12.0. The van der Waals surface area contributed by atoms with Crippen molar-refractivity contribution < 1.29 is 14.3 Å². The van der Waals surface area contributed by atoms with E-state index >= 15 is 0 Å². The van der Waals surface area contributed by atoms with Crippen molar-refractivity contribution in [2.45, 2.75) is 38.3 Å². The molecule has 22 heavy (non-hydrogen) atoms. The molecule has 2 atom stereocenters. The van der Waals surface area contributed by atoms with Crippen LogP contribution in [0, 0.1) is 6.92 Å². The van der Waals surface area contributed by atoms with Crippen LogP contribution in [0.1, 0.15) is 25.0 Å². The van der Waals surface area contributed by atoms with Crippen LogP contribution >= 0.6 is 0 Å². The highest BCUT2D eigenvalue weighted by Gasteiger charge is 2.26. The Morgan fingerprint density at radius 3 is 2.95 bits per heavy atom. The van der Waals surface area contributed by atoms with Crippen molar-refractivity contribution in [3.63, 3.8) is 0 Å². The second-order valence-corrected chi connectivity index (χ2v) is 5.56. The summed E-state index contributed by atoms with van der Waals surface area (Å²) in [6, 6.07) is 6.81. The normalized spacial score (nSPS) is 20.8. The number of hydrogen-bond donors (Lipinski definition) is 3. The Balaban J connectivity index is 1.66. The summed E-state index contributed by atoms with van der Waals surface area (Å²) in [7, 11) is 0. The van der Waals surface area contributed by atoms with Gasteiger partial charge in [0.15, 0.2) is 0 Å².